The average Bonchev–Trinajstić information content (AvgIpc) is 3.43. The Morgan fingerprint density at radius 1 is 1.24 bits per heavy atom. The van der Waals surface area contributed by atoms with Crippen LogP contribution in [0.1, 0.15) is 41.6 Å². The van der Waals surface area contributed by atoms with Crippen molar-refractivity contribution in [3.8, 4) is 0 Å². The van der Waals surface area contributed by atoms with E-state index in [1.165, 1.54) is 5.56 Å². The molecule has 0 radical (unpaired) electrons. The number of urea groups is 1. The van der Waals surface area contributed by atoms with Gasteiger partial charge in [0.05, 0.1) is 5.92 Å². The molecule has 2 aromatic rings. The van der Waals surface area contributed by atoms with Crippen molar-refractivity contribution in [1.82, 2.24) is 25.3 Å². The van der Waals surface area contributed by atoms with Crippen LogP contribution in [0.15, 0.2) is 28.8 Å². The molecule has 0 atom stereocenters. The summed E-state index contributed by atoms with van der Waals surface area (Å²) in [6, 6.07) is 8.03. The Labute approximate surface area is 170 Å². The Hall–Kier alpha value is -2.90. The van der Waals surface area contributed by atoms with Gasteiger partial charge in [-0.3, -0.25) is 4.79 Å². The van der Waals surface area contributed by atoms with Crippen LogP contribution in [0.25, 0.3) is 0 Å². The third kappa shape index (κ3) is 4.75. The summed E-state index contributed by atoms with van der Waals surface area (Å²) in [5.41, 5.74) is 2.28. The number of aryl methyl sites for hydroxylation is 1. The lowest BCUT2D eigenvalue weighted by molar-refractivity contribution is -0.131. The van der Waals surface area contributed by atoms with E-state index in [1.54, 1.807) is 9.80 Å². The predicted octanol–water partition coefficient (Wildman–Crippen LogP) is 2.10. The fourth-order valence-electron chi connectivity index (χ4n) is 3.35. The molecule has 1 aromatic heterocycles. The molecular formula is C21H27N5O3. The van der Waals surface area contributed by atoms with Crippen LogP contribution >= 0.6 is 0 Å². The molecule has 1 aliphatic heterocycles. The van der Waals surface area contributed by atoms with E-state index in [2.05, 4.69) is 15.5 Å². The van der Waals surface area contributed by atoms with Gasteiger partial charge in [-0.1, -0.05) is 35.0 Å². The monoisotopic (exact) mass is 397 g/mol. The summed E-state index contributed by atoms with van der Waals surface area (Å²) in [7, 11) is 1.82. The molecule has 29 heavy (non-hydrogen) atoms. The third-order valence-electron chi connectivity index (χ3n) is 5.54. The van der Waals surface area contributed by atoms with Crippen molar-refractivity contribution in [3.63, 3.8) is 0 Å². The zero-order chi connectivity index (χ0) is 20.4. The number of rotatable bonds is 7. The Balaban J connectivity index is 1.19. The number of likely N-dealkylation sites (tertiary alicyclic amines) is 1. The summed E-state index contributed by atoms with van der Waals surface area (Å²) in [4.78, 5) is 32.2. The number of amides is 3. The van der Waals surface area contributed by atoms with Crippen molar-refractivity contribution in [1.29, 1.82) is 0 Å². The Kier molecular flexibility index (Phi) is 5.51. The standard InChI is InChI=1S/C21H27N5O3/c1-14-3-5-15(6-4-14)11-22-21(28)26-12-17(13-26)19-23-18(24-29-19)9-10-25(2)20(27)16-7-8-16/h3-6,16-17H,7-13H2,1-2H3,(H,22,28). The fourth-order valence-corrected chi connectivity index (χ4v) is 3.35. The predicted molar refractivity (Wildman–Crippen MR) is 106 cm³/mol. The van der Waals surface area contributed by atoms with Gasteiger partial charge in [-0.05, 0) is 25.3 Å². The summed E-state index contributed by atoms with van der Waals surface area (Å²) in [5, 5.41) is 6.96. The number of aromatic nitrogens is 2. The molecule has 8 heteroatoms. The maximum absolute atomic E-state index is 12.3. The molecule has 1 aromatic carbocycles. The summed E-state index contributed by atoms with van der Waals surface area (Å²) in [6.07, 6.45) is 2.59. The lowest BCUT2D eigenvalue weighted by Crippen LogP contribution is -2.52. The van der Waals surface area contributed by atoms with Crippen LogP contribution in [0.4, 0.5) is 4.79 Å². The SMILES string of the molecule is Cc1ccc(CNC(=O)N2CC(c3nc(CCN(C)C(=O)C4CC4)no3)C2)cc1. The van der Waals surface area contributed by atoms with Crippen LogP contribution in [-0.4, -0.2) is 58.6 Å². The van der Waals surface area contributed by atoms with Gasteiger partial charge in [0.25, 0.3) is 0 Å². The number of likely N-dealkylation sites (N-methyl/N-ethyl adjacent to an activating group) is 1. The van der Waals surface area contributed by atoms with Gasteiger partial charge in [0.15, 0.2) is 5.82 Å². The molecule has 0 spiro atoms. The molecule has 1 N–H and O–H groups in total. The number of carbonyl (C=O) groups is 2. The number of hydrogen-bond donors (Lipinski definition) is 1. The molecule has 1 aliphatic carbocycles. The number of nitrogens with one attached hydrogen (secondary N) is 1. The van der Waals surface area contributed by atoms with E-state index < -0.39 is 0 Å². The van der Waals surface area contributed by atoms with Gasteiger partial charge < -0.3 is 19.6 Å². The number of carbonyl (C=O) groups excluding carboxylic acids is 2. The van der Waals surface area contributed by atoms with E-state index in [0.717, 1.165) is 18.4 Å². The zero-order valence-electron chi connectivity index (χ0n) is 16.9. The van der Waals surface area contributed by atoms with Crippen LogP contribution in [-0.2, 0) is 17.8 Å². The summed E-state index contributed by atoms with van der Waals surface area (Å²) < 4.78 is 5.37. The van der Waals surface area contributed by atoms with Crippen molar-refractivity contribution < 1.29 is 14.1 Å². The van der Waals surface area contributed by atoms with Crippen molar-refractivity contribution >= 4 is 11.9 Å². The van der Waals surface area contributed by atoms with Gasteiger partial charge in [0.1, 0.15) is 0 Å². The Morgan fingerprint density at radius 3 is 2.66 bits per heavy atom. The van der Waals surface area contributed by atoms with Crippen LogP contribution in [0.3, 0.4) is 0 Å². The number of nitrogens with zero attached hydrogens (tertiary/aromatic N) is 4. The minimum absolute atomic E-state index is 0.0761. The van der Waals surface area contributed by atoms with Crippen LogP contribution in [0, 0.1) is 12.8 Å². The van der Waals surface area contributed by atoms with Crippen molar-refractivity contribution in [3.05, 3.63) is 47.1 Å². The normalized spacial score (nSPS) is 16.4. The summed E-state index contributed by atoms with van der Waals surface area (Å²) in [5.74, 6) is 1.68. The second kappa shape index (κ2) is 8.23. The molecule has 154 valence electrons. The quantitative estimate of drug-likeness (QED) is 0.773. The minimum Gasteiger partial charge on any atom is -0.345 e. The molecule has 2 heterocycles. The van der Waals surface area contributed by atoms with Crippen LogP contribution < -0.4 is 5.32 Å². The second-order valence-corrected chi connectivity index (χ2v) is 8.08. The van der Waals surface area contributed by atoms with E-state index in [9.17, 15) is 9.59 Å². The van der Waals surface area contributed by atoms with Crippen molar-refractivity contribution in [2.24, 2.45) is 5.92 Å². The van der Waals surface area contributed by atoms with Gasteiger partial charge in [-0.2, -0.15) is 4.98 Å². The summed E-state index contributed by atoms with van der Waals surface area (Å²) in [6.45, 7) is 4.28. The highest BCUT2D eigenvalue weighted by Gasteiger charge is 2.36. The van der Waals surface area contributed by atoms with Crippen LogP contribution in [0.5, 0.6) is 0 Å². The van der Waals surface area contributed by atoms with Gasteiger partial charge in [-0.15, -0.1) is 0 Å². The second-order valence-electron chi connectivity index (χ2n) is 8.08. The largest absolute Gasteiger partial charge is 0.345 e. The fraction of sp³-hybridized carbons (Fsp3) is 0.524. The van der Waals surface area contributed by atoms with E-state index in [-0.39, 0.29) is 23.8 Å². The van der Waals surface area contributed by atoms with E-state index >= 15 is 0 Å². The van der Waals surface area contributed by atoms with Gasteiger partial charge in [0.2, 0.25) is 11.8 Å². The van der Waals surface area contributed by atoms with Crippen LogP contribution in [0.2, 0.25) is 0 Å². The smallest absolute Gasteiger partial charge is 0.317 e. The minimum atomic E-state index is -0.0817. The summed E-state index contributed by atoms with van der Waals surface area (Å²) >= 11 is 0. The first kappa shape index (κ1) is 19.4. The van der Waals surface area contributed by atoms with Gasteiger partial charge in [-0.25, -0.2) is 4.79 Å². The lowest BCUT2D eigenvalue weighted by atomic mass is 10.0. The van der Waals surface area contributed by atoms with E-state index in [0.29, 0.717) is 44.3 Å². The number of benzene rings is 1. The maximum atomic E-state index is 12.3. The first-order valence-corrected chi connectivity index (χ1v) is 10.2. The molecule has 3 amide bonds. The highest BCUT2D eigenvalue weighted by Crippen LogP contribution is 2.30. The molecule has 0 unspecified atom stereocenters. The van der Waals surface area contributed by atoms with Crippen molar-refractivity contribution in [2.75, 3.05) is 26.7 Å². The molecule has 1 saturated heterocycles. The number of hydrogen-bond acceptors (Lipinski definition) is 5. The van der Waals surface area contributed by atoms with Gasteiger partial charge >= 0.3 is 6.03 Å². The third-order valence-corrected chi connectivity index (χ3v) is 5.54. The Morgan fingerprint density at radius 2 is 1.97 bits per heavy atom. The highest BCUT2D eigenvalue weighted by atomic mass is 16.5. The Bertz CT molecular complexity index is 869. The van der Waals surface area contributed by atoms with Gasteiger partial charge in [0, 0.05) is 45.6 Å². The molecule has 4 rings (SSSR count). The molecule has 1 saturated carbocycles. The first-order chi connectivity index (χ1) is 14.0. The molecule has 8 nitrogen and oxygen atoms in total. The topological polar surface area (TPSA) is 91.6 Å². The van der Waals surface area contributed by atoms with E-state index in [4.69, 9.17) is 4.52 Å². The average molecular weight is 397 g/mol. The van der Waals surface area contributed by atoms with E-state index in [1.807, 2.05) is 38.2 Å². The molecular weight excluding hydrogens is 370 g/mol. The lowest BCUT2D eigenvalue weighted by Gasteiger charge is -2.36. The molecule has 2 fully saturated rings. The zero-order valence-corrected chi connectivity index (χ0v) is 16.9. The molecule has 0 bridgehead atoms. The maximum Gasteiger partial charge on any atom is 0.317 e. The first-order valence-electron chi connectivity index (χ1n) is 10.2. The molecule has 2 aliphatic rings. The van der Waals surface area contributed by atoms with Crippen molar-refractivity contribution in [2.45, 2.75) is 38.6 Å². The highest BCUT2D eigenvalue weighted by molar-refractivity contribution is 5.80.